The average molecular weight is 269 g/mol. The van der Waals surface area contributed by atoms with Gasteiger partial charge in [-0.25, -0.2) is 4.98 Å². The largest absolute Gasteiger partial charge is 0.396 e. The van der Waals surface area contributed by atoms with E-state index in [0.29, 0.717) is 23.0 Å². The summed E-state index contributed by atoms with van der Waals surface area (Å²) < 4.78 is 0. The van der Waals surface area contributed by atoms with E-state index in [0.717, 1.165) is 31.7 Å². The van der Waals surface area contributed by atoms with E-state index in [9.17, 15) is 4.79 Å². The Morgan fingerprint density at radius 3 is 2.72 bits per heavy atom. The monoisotopic (exact) mass is 268 g/mol. The molecule has 1 saturated heterocycles. The van der Waals surface area contributed by atoms with Crippen LogP contribution in [0.25, 0.3) is 0 Å². The van der Waals surface area contributed by atoms with Crippen molar-refractivity contribution in [2.75, 3.05) is 23.7 Å². The van der Waals surface area contributed by atoms with E-state index in [-0.39, 0.29) is 5.91 Å². The molecule has 1 amide bonds. The predicted octanol–water partition coefficient (Wildman–Crippen LogP) is 1.41. The van der Waals surface area contributed by atoms with Gasteiger partial charge in [0, 0.05) is 25.7 Å². The van der Waals surface area contributed by atoms with Gasteiger partial charge in [0.25, 0.3) is 0 Å². The molecule has 5 nitrogen and oxygen atoms in total. The predicted molar refractivity (Wildman–Crippen MR) is 72.4 cm³/mol. The first kappa shape index (κ1) is 13.0. The number of primary amides is 1. The van der Waals surface area contributed by atoms with Gasteiger partial charge in [0.1, 0.15) is 0 Å². The maximum absolute atomic E-state index is 10.9. The third kappa shape index (κ3) is 3.04. The van der Waals surface area contributed by atoms with Crippen molar-refractivity contribution < 1.29 is 4.79 Å². The van der Waals surface area contributed by atoms with E-state index < -0.39 is 0 Å². The number of carbonyl (C=O) groups is 1. The van der Waals surface area contributed by atoms with Crippen molar-refractivity contribution in [2.24, 2.45) is 11.7 Å². The van der Waals surface area contributed by atoms with E-state index in [1.165, 1.54) is 0 Å². The van der Waals surface area contributed by atoms with Crippen molar-refractivity contribution in [3.8, 4) is 0 Å². The molecule has 2 rings (SSSR count). The minimum atomic E-state index is -0.224. The van der Waals surface area contributed by atoms with Crippen LogP contribution in [0.1, 0.15) is 19.3 Å². The van der Waals surface area contributed by atoms with E-state index in [2.05, 4.69) is 9.88 Å². The Hall–Kier alpha value is -1.49. The number of pyridine rings is 1. The van der Waals surface area contributed by atoms with Crippen LogP contribution in [0.5, 0.6) is 0 Å². The molecule has 1 aromatic rings. The van der Waals surface area contributed by atoms with E-state index in [1.807, 2.05) is 0 Å². The van der Waals surface area contributed by atoms with Crippen LogP contribution in [-0.4, -0.2) is 24.0 Å². The van der Waals surface area contributed by atoms with Gasteiger partial charge in [-0.3, -0.25) is 4.79 Å². The van der Waals surface area contributed by atoms with Crippen LogP contribution in [0.3, 0.4) is 0 Å². The number of amides is 1. The molecule has 4 N–H and O–H groups in total. The van der Waals surface area contributed by atoms with Crippen LogP contribution < -0.4 is 16.4 Å². The number of rotatable bonds is 3. The molecular formula is C12H17ClN4O. The lowest BCUT2D eigenvalue weighted by atomic mass is 9.93. The van der Waals surface area contributed by atoms with E-state index >= 15 is 0 Å². The van der Waals surface area contributed by atoms with Crippen LogP contribution in [0.4, 0.5) is 11.5 Å². The summed E-state index contributed by atoms with van der Waals surface area (Å²) in [5.41, 5.74) is 11.7. The molecule has 0 spiro atoms. The number of nitrogens with two attached hydrogens (primary N) is 2. The highest BCUT2D eigenvalue weighted by Crippen LogP contribution is 2.28. The zero-order valence-electron chi connectivity index (χ0n) is 10.1. The lowest BCUT2D eigenvalue weighted by Gasteiger charge is -2.32. The molecule has 2 heterocycles. The van der Waals surface area contributed by atoms with Gasteiger partial charge in [-0.2, -0.15) is 0 Å². The van der Waals surface area contributed by atoms with E-state index in [1.54, 1.807) is 12.3 Å². The molecule has 0 unspecified atom stereocenters. The van der Waals surface area contributed by atoms with Gasteiger partial charge in [-0.05, 0) is 24.8 Å². The van der Waals surface area contributed by atoms with Crippen molar-refractivity contribution in [1.82, 2.24) is 4.98 Å². The molecular weight excluding hydrogens is 252 g/mol. The minimum Gasteiger partial charge on any atom is -0.396 e. The molecule has 0 bridgehead atoms. The molecule has 0 saturated carbocycles. The van der Waals surface area contributed by atoms with Crippen molar-refractivity contribution in [1.29, 1.82) is 0 Å². The molecule has 1 fully saturated rings. The molecule has 1 aliphatic heterocycles. The van der Waals surface area contributed by atoms with Crippen molar-refractivity contribution in [2.45, 2.75) is 19.3 Å². The second-order valence-electron chi connectivity index (χ2n) is 4.67. The van der Waals surface area contributed by atoms with Gasteiger partial charge < -0.3 is 16.4 Å². The SMILES string of the molecule is NC(=O)CC1CCN(c2ncc(Cl)cc2N)CC1. The van der Waals surface area contributed by atoms with Gasteiger partial charge in [-0.1, -0.05) is 11.6 Å². The van der Waals surface area contributed by atoms with Gasteiger partial charge in [0.05, 0.1) is 10.7 Å². The molecule has 18 heavy (non-hydrogen) atoms. The summed E-state index contributed by atoms with van der Waals surface area (Å²) in [5, 5.41) is 0.542. The third-order valence-corrected chi connectivity index (χ3v) is 3.47. The molecule has 0 radical (unpaired) electrons. The summed E-state index contributed by atoms with van der Waals surface area (Å²) in [6, 6.07) is 1.71. The summed E-state index contributed by atoms with van der Waals surface area (Å²) in [6.07, 6.45) is 3.94. The Kier molecular flexibility index (Phi) is 3.91. The molecule has 0 aromatic carbocycles. The number of nitrogen functional groups attached to an aromatic ring is 1. The number of carbonyl (C=O) groups excluding carboxylic acids is 1. The van der Waals surface area contributed by atoms with Crippen LogP contribution in [0.15, 0.2) is 12.3 Å². The first-order valence-electron chi connectivity index (χ1n) is 6.00. The minimum absolute atomic E-state index is 0.224. The van der Waals surface area contributed by atoms with Crippen molar-refractivity contribution in [3.05, 3.63) is 17.3 Å². The first-order valence-corrected chi connectivity index (χ1v) is 6.38. The summed E-state index contributed by atoms with van der Waals surface area (Å²) in [5.74, 6) is 0.932. The second kappa shape index (κ2) is 5.44. The average Bonchev–Trinajstić information content (AvgIpc) is 2.30. The summed E-state index contributed by atoms with van der Waals surface area (Å²) >= 11 is 5.82. The van der Waals surface area contributed by atoms with Gasteiger partial charge in [0.15, 0.2) is 5.82 Å². The molecule has 1 aliphatic rings. The van der Waals surface area contributed by atoms with Crippen LogP contribution in [0.2, 0.25) is 5.02 Å². The molecule has 0 atom stereocenters. The molecule has 0 aliphatic carbocycles. The fourth-order valence-corrected chi connectivity index (χ4v) is 2.51. The second-order valence-corrected chi connectivity index (χ2v) is 5.10. The fourth-order valence-electron chi connectivity index (χ4n) is 2.35. The maximum atomic E-state index is 10.9. The smallest absolute Gasteiger partial charge is 0.217 e. The Balaban J connectivity index is 1.99. The van der Waals surface area contributed by atoms with Crippen LogP contribution in [-0.2, 0) is 4.79 Å². The maximum Gasteiger partial charge on any atom is 0.217 e. The summed E-state index contributed by atoms with van der Waals surface area (Å²) in [4.78, 5) is 17.3. The molecule has 98 valence electrons. The summed E-state index contributed by atoms with van der Waals surface area (Å²) in [7, 11) is 0. The quantitative estimate of drug-likeness (QED) is 0.868. The Morgan fingerprint density at radius 2 is 2.17 bits per heavy atom. The van der Waals surface area contributed by atoms with Crippen molar-refractivity contribution >= 4 is 29.0 Å². The topological polar surface area (TPSA) is 85.2 Å². The number of hydrogen-bond donors (Lipinski definition) is 2. The lowest BCUT2D eigenvalue weighted by molar-refractivity contribution is -0.119. The van der Waals surface area contributed by atoms with Crippen LogP contribution in [0, 0.1) is 5.92 Å². The summed E-state index contributed by atoms with van der Waals surface area (Å²) in [6.45, 7) is 1.69. The number of hydrogen-bond acceptors (Lipinski definition) is 4. The van der Waals surface area contributed by atoms with Gasteiger partial charge in [0.2, 0.25) is 5.91 Å². The fraction of sp³-hybridized carbons (Fsp3) is 0.500. The zero-order valence-corrected chi connectivity index (χ0v) is 10.9. The number of nitrogens with zero attached hydrogens (tertiary/aromatic N) is 2. The molecule has 6 heteroatoms. The Labute approximate surface area is 111 Å². The standard InChI is InChI=1S/C12H17ClN4O/c13-9-6-10(14)12(16-7-9)17-3-1-8(2-4-17)5-11(15)18/h6-8H,1-5,14H2,(H2,15,18). The molecule has 1 aromatic heterocycles. The van der Waals surface area contributed by atoms with E-state index in [4.69, 9.17) is 23.1 Å². The Bertz CT molecular complexity index is 444. The normalized spacial score (nSPS) is 16.8. The lowest BCUT2D eigenvalue weighted by Crippen LogP contribution is -2.36. The third-order valence-electron chi connectivity index (χ3n) is 3.27. The first-order chi connectivity index (χ1) is 8.56. The highest BCUT2D eigenvalue weighted by Gasteiger charge is 2.22. The number of anilines is 2. The zero-order chi connectivity index (χ0) is 13.1. The highest BCUT2D eigenvalue weighted by atomic mass is 35.5. The number of halogens is 1. The van der Waals surface area contributed by atoms with Gasteiger partial charge in [-0.15, -0.1) is 0 Å². The van der Waals surface area contributed by atoms with Crippen LogP contribution >= 0.6 is 11.6 Å². The highest BCUT2D eigenvalue weighted by molar-refractivity contribution is 6.30. The van der Waals surface area contributed by atoms with Gasteiger partial charge >= 0.3 is 0 Å². The number of aromatic nitrogens is 1. The van der Waals surface area contributed by atoms with Crippen molar-refractivity contribution in [3.63, 3.8) is 0 Å². The number of piperidine rings is 1. The Morgan fingerprint density at radius 1 is 1.50 bits per heavy atom.